The van der Waals surface area contributed by atoms with E-state index in [2.05, 4.69) is 49.5 Å². The number of nitrogens with one attached hydrogen (secondary N) is 1. The van der Waals surface area contributed by atoms with E-state index >= 15 is 0 Å². The van der Waals surface area contributed by atoms with Crippen LogP contribution in [-0.4, -0.2) is 61.8 Å². The monoisotopic (exact) mass is 345 g/mol. The number of nitrogens with zero attached hydrogens (tertiary/aromatic N) is 2. The van der Waals surface area contributed by atoms with Gasteiger partial charge in [0.1, 0.15) is 6.61 Å². The van der Waals surface area contributed by atoms with Gasteiger partial charge in [0.2, 0.25) is 6.54 Å². The van der Waals surface area contributed by atoms with Crippen LogP contribution >= 0.6 is 8.53 Å². The van der Waals surface area contributed by atoms with Gasteiger partial charge < -0.3 is 23.9 Å². The van der Waals surface area contributed by atoms with Gasteiger partial charge in [-0.1, -0.05) is 0 Å². The maximum Gasteiger partial charge on any atom is 0.259 e. The van der Waals surface area contributed by atoms with Gasteiger partial charge in [-0.05, 0) is 48.1 Å². The van der Waals surface area contributed by atoms with Crippen molar-refractivity contribution in [3.8, 4) is 0 Å². The van der Waals surface area contributed by atoms with E-state index in [1.165, 1.54) is 0 Å². The van der Waals surface area contributed by atoms with Crippen LogP contribution in [0.15, 0.2) is 0 Å². The fraction of sp³-hybridized carbons (Fsp3) is 0.938. The van der Waals surface area contributed by atoms with Crippen molar-refractivity contribution in [2.45, 2.75) is 71.4 Å². The zero-order chi connectivity index (χ0) is 17.4. The molecule has 0 saturated carbocycles. The van der Waals surface area contributed by atoms with E-state index in [-0.39, 0.29) is 12.2 Å². The maximum atomic E-state index is 6.90. The van der Waals surface area contributed by atoms with Gasteiger partial charge in [0, 0.05) is 18.1 Å². The molecule has 7 heteroatoms. The molecule has 1 N–H and O–H groups in total. The molecule has 2 unspecified atom stereocenters. The minimum atomic E-state index is -1.19. The molecule has 134 valence electrons. The van der Waals surface area contributed by atoms with Crippen molar-refractivity contribution in [3.05, 3.63) is 11.4 Å². The first-order valence-corrected chi connectivity index (χ1v) is 9.53. The number of likely N-dealkylation sites (N-methyl/N-ethyl adjacent to an activating group) is 1. The number of hydrogen-bond donors (Lipinski definition) is 1. The summed E-state index contributed by atoms with van der Waals surface area (Å²) >= 11 is 0. The predicted octanol–water partition coefficient (Wildman–Crippen LogP) is 3.05. The van der Waals surface area contributed by atoms with Crippen molar-refractivity contribution >= 4 is 8.53 Å². The molecule has 0 aromatic heterocycles. The highest BCUT2D eigenvalue weighted by atomic mass is 31.2. The Morgan fingerprint density at radius 2 is 1.96 bits per heavy atom. The third kappa shape index (κ3) is 6.62. The van der Waals surface area contributed by atoms with Crippen LogP contribution in [0.3, 0.4) is 0 Å². The second-order valence-corrected chi connectivity index (χ2v) is 7.89. The van der Waals surface area contributed by atoms with Crippen molar-refractivity contribution in [3.63, 3.8) is 0 Å². The molecular formula is C16H32N3O3P. The molecule has 0 bridgehead atoms. The lowest BCUT2D eigenvalue weighted by Gasteiger charge is -2.36. The van der Waals surface area contributed by atoms with Crippen LogP contribution < -0.4 is 5.32 Å². The Hall–Kier alpha value is -0.280. The smallest absolute Gasteiger partial charge is 0.259 e. The van der Waals surface area contributed by atoms with Crippen LogP contribution in [0, 0.1) is 6.57 Å². The third-order valence-electron chi connectivity index (χ3n) is 3.81. The lowest BCUT2D eigenvalue weighted by molar-refractivity contribution is 0.0147. The van der Waals surface area contributed by atoms with Crippen LogP contribution in [0.5, 0.6) is 0 Å². The Kier molecular flexibility index (Phi) is 9.53. The van der Waals surface area contributed by atoms with Crippen molar-refractivity contribution in [1.29, 1.82) is 0 Å². The average molecular weight is 345 g/mol. The Bertz CT molecular complexity index is 368. The normalized spacial score (nSPS) is 26.2. The predicted molar refractivity (Wildman–Crippen MR) is 94.2 cm³/mol. The van der Waals surface area contributed by atoms with Crippen molar-refractivity contribution in [1.82, 2.24) is 9.99 Å². The summed E-state index contributed by atoms with van der Waals surface area (Å²) in [4.78, 5) is 3.36. The fourth-order valence-corrected chi connectivity index (χ4v) is 4.47. The number of hydrogen-bond acceptors (Lipinski definition) is 5. The molecule has 0 amide bonds. The Morgan fingerprint density at radius 3 is 2.48 bits per heavy atom. The van der Waals surface area contributed by atoms with Crippen molar-refractivity contribution < 1.29 is 13.8 Å². The molecule has 1 fully saturated rings. The topological polar surface area (TPSA) is 47.3 Å². The van der Waals surface area contributed by atoms with E-state index in [1.54, 1.807) is 0 Å². The van der Waals surface area contributed by atoms with Gasteiger partial charge in [-0.25, -0.2) is 11.2 Å². The van der Waals surface area contributed by atoms with Gasteiger partial charge in [-0.15, -0.1) is 0 Å². The first-order chi connectivity index (χ1) is 10.9. The van der Waals surface area contributed by atoms with Crippen LogP contribution in [0.4, 0.5) is 0 Å². The van der Waals surface area contributed by atoms with Crippen molar-refractivity contribution in [2.75, 3.05) is 26.8 Å². The lowest BCUT2D eigenvalue weighted by atomic mass is 10.1. The van der Waals surface area contributed by atoms with Gasteiger partial charge in [0.15, 0.2) is 0 Å². The second-order valence-electron chi connectivity index (χ2n) is 6.43. The molecule has 1 aliphatic rings. The maximum absolute atomic E-state index is 6.90. The SMILES string of the molecule is [C-]#[N+]CCOP(OC[C@H]1O[C@@H](C)CC1NC)N(C(C)C)C(C)C. The molecule has 1 rings (SSSR count). The largest absolute Gasteiger partial charge is 0.371 e. The lowest BCUT2D eigenvalue weighted by Crippen LogP contribution is -2.38. The Balaban J connectivity index is 2.66. The highest BCUT2D eigenvalue weighted by molar-refractivity contribution is 7.44. The zero-order valence-electron chi connectivity index (χ0n) is 15.3. The zero-order valence-corrected chi connectivity index (χ0v) is 16.2. The average Bonchev–Trinajstić information content (AvgIpc) is 2.84. The van der Waals surface area contributed by atoms with Crippen molar-refractivity contribution in [2.24, 2.45) is 0 Å². The molecule has 4 atom stereocenters. The van der Waals surface area contributed by atoms with E-state index in [0.717, 1.165) is 6.42 Å². The van der Waals surface area contributed by atoms with Crippen LogP contribution in [0.2, 0.25) is 0 Å². The summed E-state index contributed by atoms with van der Waals surface area (Å²) in [6.07, 6.45) is 1.30. The standard InChI is InChI=1S/C16H32N3O3P/c1-12(2)19(13(3)4)23(20-9-8-17-6)21-11-16-15(18-7)10-14(5)22-16/h12-16,18H,8-11H2,1-5,7H3/t14-,15?,16+,23?/m0/s1. The summed E-state index contributed by atoms with van der Waals surface area (Å²) in [5.74, 6) is 0. The molecule has 1 heterocycles. The highest BCUT2D eigenvalue weighted by Crippen LogP contribution is 2.46. The quantitative estimate of drug-likeness (QED) is 0.375. The summed E-state index contributed by atoms with van der Waals surface area (Å²) in [6.45, 7) is 18.8. The van der Waals surface area contributed by atoms with Gasteiger partial charge in [-0.3, -0.25) is 0 Å². The molecule has 0 radical (unpaired) electrons. The number of rotatable bonds is 10. The summed E-state index contributed by atoms with van der Waals surface area (Å²) in [5, 5.41) is 3.30. The molecule has 6 nitrogen and oxygen atoms in total. The van der Waals surface area contributed by atoms with E-state index in [1.807, 2.05) is 7.05 Å². The summed E-state index contributed by atoms with van der Waals surface area (Å²) in [5.41, 5.74) is 0. The Morgan fingerprint density at radius 1 is 1.30 bits per heavy atom. The first kappa shape index (κ1) is 20.8. The number of ether oxygens (including phenoxy) is 1. The minimum Gasteiger partial charge on any atom is -0.371 e. The van der Waals surface area contributed by atoms with Gasteiger partial charge >= 0.3 is 0 Å². The van der Waals surface area contributed by atoms with Crippen LogP contribution in [0.1, 0.15) is 41.0 Å². The summed E-state index contributed by atoms with van der Waals surface area (Å²) in [6, 6.07) is 0.951. The van der Waals surface area contributed by atoms with Gasteiger partial charge in [-0.2, -0.15) is 0 Å². The first-order valence-electron chi connectivity index (χ1n) is 8.40. The molecule has 0 aliphatic carbocycles. The van der Waals surface area contributed by atoms with Crippen LogP contribution in [0.25, 0.3) is 4.85 Å². The molecular weight excluding hydrogens is 313 g/mol. The van der Waals surface area contributed by atoms with E-state index in [9.17, 15) is 0 Å². The summed E-state index contributed by atoms with van der Waals surface area (Å²) < 4.78 is 20.2. The highest BCUT2D eigenvalue weighted by Gasteiger charge is 2.34. The fourth-order valence-electron chi connectivity index (χ4n) is 2.86. The van der Waals surface area contributed by atoms with Gasteiger partial charge in [0.25, 0.3) is 8.53 Å². The molecule has 0 aromatic rings. The molecule has 1 aliphatic heterocycles. The Labute approximate surface area is 142 Å². The molecule has 23 heavy (non-hydrogen) atoms. The molecule has 0 spiro atoms. The van der Waals surface area contributed by atoms with Gasteiger partial charge in [0.05, 0.1) is 18.8 Å². The van der Waals surface area contributed by atoms with Crippen LogP contribution in [-0.2, 0) is 13.8 Å². The second kappa shape index (κ2) is 10.6. The van der Waals surface area contributed by atoms with E-state index in [4.69, 9.17) is 20.4 Å². The molecule has 1 saturated heterocycles. The van der Waals surface area contributed by atoms with E-state index < -0.39 is 8.53 Å². The third-order valence-corrected chi connectivity index (χ3v) is 5.89. The summed E-state index contributed by atoms with van der Waals surface area (Å²) in [7, 11) is 0.774. The van der Waals surface area contributed by atoms with E-state index in [0.29, 0.717) is 37.9 Å². The minimum absolute atomic E-state index is 0.0469. The molecule has 0 aromatic carbocycles.